The second-order valence-corrected chi connectivity index (χ2v) is 2.87. The molecule has 1 rings (SSSR count). The van der Waals surface area contributed by atoms with Crippen LogP contribution in [0.3, 0.4) is 0 Å². The third-order valence-corrected chi connectivity index (χ3v) is 2.05. The van der Waals surface area contributed by atoms with Gasteiger partial charge in [-0.1, -0.05) is 26.7 Å². The highest BCUT2D eigenvalue weighted by Gasteiger charge is 2.33. The van der Waals surface area contributed by atoms with Gasteiger partial charge in [0.2, 0.25) is 6.29 Å². The summed E-state index contributed by atoms with van der Waals surface area (Å²) in [6.07, 6.45) is 5.12. The van der Waals surface area contributed by atoms with Crippen molar-refractivity contribution in [1.29, 1.82) is 0 Å². The molecule has 0 bridgehead atoms. The molecule has 1 unspecified atom stereocenters. The topological polar surface area (TPSA) is 25.1 Å². The molecular formula is C8H16O2. The van der Waals surface area contributed by atoms with Crippen LogP contribution in [-0.4, -0.2) is 6.29 Å². The molecular weight excluding hydrogens is 128 g/mol. The lowest BCUT2D eigenvalue weighted by Crippen LogP contribution is -2.05. The van der Waals surface area contributed by atoms with E-state index in [1.165, 1.54) is 25.7 Å². The fourth-order valence-corrected chi connectivity index (χ4v) is 1.19. The molecule has 1 fully saturated rings. The zero-order valence-corrected chi connectivity index (χ0v) is 6.80. The molecule has 1 atom stereocenters. The molecule has 0 radical (unpaired) electrons. The molecule has 0 aromatic rings. The van der Waals surface area contributed by atoms with Crippen LogP contribution in [0.4, 0.5) is 0 Å². The van der Waals surface area contributed by atoms with Gasteiger partial charge >= 0.3 is 0 Å². The molecule has 2 nitrogen and oxygen atoms in total. The second-order valence-electron chi connectivity index (χ2n) is 2.87. The van der Waals surface area contributed by atoms with Crippen molar-refractivity contribution in [2.75, 3.05) is 0 Å². The Morgan fingerprint density at radius 3 is 2.40 bits per heavy atom. The summed E-state index contributed by atoms with van der Waals surface area (Å²) in [5, 5.41) is 0. The van der Waals surface area contributed by atoms with Crippen LogP contribution in [0, 0.1) is 5.92 Å². The Labute approximate surface area is 62.4 Å². The number of rotatable bonds is 5. The Bertz CT molecular complexity index is 89.3. The van der Waals surface area contributed by atoms with E-state index in [4.69, 9.17) is 9.78 Å². The summed E-state index contributed by atoms with van der Waals surface area (Å²) >= 11 is 0. The van der Waals surface area contributed by atoms with Crippen molar-refractivity contribution in [3.8, 4) is 0 Å². The second kappa shape index (κ2) is 3.94. The highest BCUT2D eigenvalue weighted by molar-refractivity contribution is 4.63. The van der Waals surface area contributed by atoms with Crippen molar-refractivity contribution < 1.29 is 9.78 Å². The highest BCUT2D eigenvalue weighted by atomic mass is 17.4. The predicted octanol–water partition coefficient (Wildman–Crippen LogP) is 2.49. The predicted molar refractivity (Wildman–Crippen MR) is 39.3 cm³/mol. The van der Waals surface area contributed by atoms with Crippen molar-refractivity contribution in [1.82, 2.24) is 0 Å². The number of hydrogen-bond donors (Lipinski definition) is 0. The first kappa shape index (κ1) is 8.02. The quantitative estimate of drug-likeness (QED) is 0.437. The van der Waals surface area contributed by atoms with E-state index in [0.717, 1.165) is 0 Å². The van der Waals surface area contributed by atoms with Gasteiger partial charge in [0.05, 0.1) is 0 Å². The van der Waals surface area contributed by atoms with Crippen molar-refractivity contribution in [2.45, 2.75) is 45.8 Å². The van der Waals surface area contributed by atoms with Gasteiger partial charge in [-0.25, -0.2) is 0 Å². The molecule has 2 heteroatoms. The van der Waals surface area contributed by atoms with E-state index in [9.17, 15) is 0 Å². The van der Waals surface area contributed by atoms with Crippen LogP contribution in [-0.2, 0) is 9.78 Å². The molecule has 1 heterocycles. The molecule has 1 saturated heterocycles. The maximum absolute atomic E-state index is 4.76. The lowest BCUT2D eigenvalue weighted by Gasteiger charge is -2.06. The minimum atomic E-state index is 0.136. The summed E-state index contributed by atoms with van der Waals surface area (Å²) in [4.78, 5) is 9.52. The van der Waals surface area contributed by atoms with Crippen molar-refractivity contribution in [3.63, 3.8) is 0 Å². The van der Waals surface area contributed by atoms with Gasteiger partial charge in [0.25, 0.3) is 0 Å². The normalized spacial score (nSPS) is 21.0. The molecule has 0 N–H and O–H groups in total. The van der Waals surface area contributed by atoms with Gasteiger partial charge in [0.1, 0.15) is 0 Å². The Morgan fingerprint density at radius 2 is 2.00 bits per heavy atom. The minimum Gasteiger partial charge on any atom is -0.198 e. The Morgan fingerprint density at radius 1 is 1.30 bits per heavy atom. The van der Waals surface area contributed by atoms with Gasteiger partial charge in [-0.3, -0.25) is 0 Å². The largest absolute Gasteiger partial charge is 0.227 e. The summed E-state index contributed by atoms with van der Waals surface area (Å²) in [7, 11) is 0. The van der Waals surface area contributed by atoms with Crippen LogP contribution in [0.1, 0.15) is 39.5 Å². The van der Waals surface area contributed by atoms with E-state index in [1.807, 2.05) is 0 Å². The van der Waals surface area contributed by atoms with Crippen molar-refractivity contribution in [3.05, 3.63) is 0 Å². The lowest BCUT2D eigenvalue weighted by atomic mass is 10.00. The van der Waals surface area contributed by atoms with Crippen LogP contribution in [0.5, 0.6) is 0 Å². The van der Waals surface area contributed by atoms with Crippen LogP contribution in [0.2, 0.25) is 0 Å². The zero-order valence-electron chi connectivity index (χ0n) is 6.80. The van der Waals surface area contributed by atoms with Gasteiger partial charge in [-0.15, -0.1) is 0 Å². The molecule has 60 valence electrons. The van der Waals surface area contributed by atoms with Gasteiger partial charge in [-0.05, 0) is 12.8 Å². The van der Waals surface area contributed by atoms with Gasteiger partial charge in [0.15, 0.2) is 0 Å². The average Bonchev–Trinajstić information content (AvgIpc) is 2.73. The molecule has 0 aromatic heterocycles. The maximum Gasteiger partial charge on any atom is 0.227 e. The van der Waals surface area contributed by atoms with Gasteiger partial charge in [-0.2, -0.15) is 9.78 Å². The van der Waals surface area contributed by atoms with Gasteiger partial charge < -0.3 is 0 Å². The summed E-state index contributed by atoms with van der Waals surface area (Å²) in [5.74, 6) is 0.639. The fourth-order valence-electron chi connectivity index (χ4n) is 1.19. The summed E-state index contributed by atoms with van der Waals surface area (Å²) < 4.78 is 0. The summed E-state index contributed by atoms with van der Waals surface area (Å²) in [6, 6.07) is 0. The van der Waals surface area contributed by atoms with Crippen molar-refractivity contribution in [2.24, 2.45) is 5.92 Å². The number of hydrogen-bond acceptors (Lipinski definition) is 2. The maximum atomic E-state index is 4.76. The third-order valence-electron chi connectivity index (χ3n) is 2.05. The Hall–Kier alpha value is -0.0800. The molecule has 10 heavy (non-hydrogen) atoms. The van der Waals surface area contributed by atoms with Crippen LogP contribution < -0.4 is 0 Å². The molecule has 0 saturated carbocycles. The van der Waals surface area contributed by atoms with E-state index in [-0.39, 0.29) is 6.29 Å². The molecule has 0 aliphatic carbocycles. The number of unbranched alkanes of at least 4 members (excludes halogenated alkanes) is 1. The molecule has 1 aliphatic heterocycles. The minimum absolute atomic E-state index is 0.136. The Balaban J connectivity index is 2.07. The van der Waals surface area contributed by atoms with Crippen LogP contribution >= 0.6 is 0 Å². The van der Waals surface area contributed by atoms with E-state index in [0.29, 0.717) is 5.92 Å². The Kier molecular flexibility index (Phi) is 3.16. The van der Waals surface area contributed by atoms with Crippen molar-refractivity contribution >= 4 is 0 Å². The fraction of sp³-hybridized carbons (Fsp3) is 1.00. The van der Waals surface area contributed by atoms with Crippen LogP contribution in [0.15, 0.2) is 0 Å². The smallest absolute Gasteiger partial charge is 0.198 e. The standard InChI is InChI=1S/C8H16O2/c1-3-5-6-7(4-2)8-9-10-8/h7-8H,3-6H2,1-2H3. The monoisotopic (exact) mass is 144 g/mol. The first-order chi connectivity index (χ1) is 4.88. The van der Waals surface area contributed by atoms with E-state index in [2.05, 4.69) is 13.8 Å². The summed E-state index contributed by atoms with van der Waals surface area (Å²) in [6.45, 7) is 4.40. The molecule has 0 aromatic carbocycles. The average molecular weight is 144 g/mol. The van der Waals surface area contributed by atoms with E-state index < -0.39 is 0 Å². The van der Waals surface area contributed by atoms with E-state index >= 15 is 0 Å². The highest BCUT2D eigenvalue weighted by Crippen LogP contribution is 2.28. The lowest BCUT2D eigenvalue weighted by molar-refractivity contribution is 0.0850. The molecule has 0 amide bonds. The molecule has 0 spiro atoms. The SMILES string of the molecule is CCCCC(CC)C1OO1. The first-order valence-corrected chi connectivity index (χ1v) is 4.20. The van der Waals surface area contributed by atoms with Crippen LogP contribution in [0.25, 0.3) is 0 Å². The molecule has 1 aliphatic rings. The van der Waals surface area contributed by atoms with Gasteiger partial charge in [0, 0.05) is 5.92 Å². The third kappa shape index (κ3) is 2.27. The first-order valence-electron chi connectivity index (χ1n) is 4.20. The van der Waals surface area contributed by atoms with E-state index in [1.54, 1.807) is 0 Å². The summed E-state index contributed by atoms with van der Waals surface area (Å²) in [5.41, 5.74) is 0. The zero-order chi connectivity index (χ0) is 7.40.